The van der Waals surface area contributed by atoms with Gasteiger partial charge in [-0.05, 0) is 51.8 Å². The summed E-state index contributed by atoms with van der Waals surface area (Å²) in [6.45, 7) is 8.73. The van der Waals surface area contributed by atoms with Crippen molar-refractivity contribution in [2.75, 3.05) is 25.1 Å². The van der Waals surface area contributed by atoms with Gasteiger partial charge in [-0.15, -0.1) is 0 Å². The Hall–Kier alpha value is -3.16. The average Bonchev–Trinajstić information content (AvgIpc) is 3.43. The van der Waals surface area contributed by atoms with E-state index in [2.05, 4.69) is 16.5 Å². The first-order valence-corrected chi connectivity index (χ1v) is 10.9. The Bertz CT molecular complexity index is 1080. The maximum atomic E-state index is 13.3. The number of hydrogen-bond donors (Lipinski definition) is 0. The summed E-state index contributed by atoms with van der Waals surface area (Å²) < 4.78 is 7.67. The Morgan fingerprint density at radius 1 is 1.29 bits per heavy atom. The molecule has 1 aliphatic heterocycles. The Labute approximate surface area is 182 Å². The van der Waals surface area contributed by atoms with Crippen molar-refractivity contribution in [3.63, 3.8) is 0 Å². The minimum Gasteiger partial charge on any atom is -0.494 e. The molecule has 1 atom stereocenters. The lowest BCUT2D eigenvalue weighted by atomic mass is 10.2. The summed E-state index contributed by atoms with van der Waals surface area (Å²) in [6, 6.07) is 5.61. The highest BCUT2D eigenvalue weighted by Crippen LogP contribution is 2.28. The lowest BCUT2D eigenvalue weighted by Crippen LogP contribution is -2.44. The van der Waals surface area contributed by atoms with E-state index < -0.39 is 0 Å². The Morgan fingerprint density at radius 2 is 2.13 bits per heavy atom. The summed E-state index contributed by atoms with van der Waals surface area (Å²) >= 11 is 0. The van der Waals surface area contributed by atoms with Crippen LogP contribution in [0.4, 0.5) is 5.95 Å². The molecule has 0 aliphatic carbocycles. The second-order valence-corrected chi connectivity index (χ2v) is 7.90. The molecule has 0 spiro atoms. The van der Waals surface area contributed by atoms with Crippen LogP contribution >= 0.6 is 0 Å². The van der Waals surface area contributed by atoms with E-state index in [1.165, 1.54) is 0 Å². The highest BCUT2D eigenvalue weighted by atomic mass is 16.5. The number of anilines is 1. The van der Waals surface area contributed by atoms with Gasteiger partial charge in [0.15, 0.2) is 0 Å². The molecule has 1 aromatic carbocycles. The zero-order chi connectivity index (χ0) is 22.0. The molecular weight excluding hydrogens is 392 g/mol. The molecule has 8 heteroatoms. The lowest BCUT2D eigenvalue weighted by molar-refractivity contribution is -0.131. The molecule has 0 saturated carbocycles. The van der Waals surface area contributed by atoms with Crippen LogP contribution in [-0.2, 0) is 17.9 Å². The van der Waals surface area contributed by atoms with Gasteiger partial charge in [0.1, 0.15) is 17.6 Å². The van der Waals surface area contributed by atoms with Gasteiger partial charge in [-0.2, -0.15) is 0 Å². The van der Waals surface area contributed by atoms with Crippen LogP contribution in [0.25, 0.3) is 10.9 Å². The number of aryl methyl sites for hydroxylation is 2. The van der Waals surface area contributed by atoms with E-state index in [9.17, 15) is 4.79 Å². The summed E-state index contributed by atoms with van der Waals surface area (Å²) in [5.74, 6) is 2.41. The quantitative estimate of drug-likeness (QED) is 0.582. The van der Waals surface area contributed by atoms with E-state index >= 15 is 0 Å². The molecule has 8 nitrogen and oxygen atoms in total. The Kier molecular flexibility index (Phi) is 6.06. The van der Waals surface area contributed by atoms with Gasteiger partial charge < -0.3 is 19.1 Å². The van der Waals surface area contributed by atoms with Crippen molar-refractivity contribution >= 4 is 22.8 Å². The van der Waals surface area contributed by atoms with Gasteiger partial charge in [-0.25, -0.2) is 15.0 Å². The zero-order valence-corrected chi connectivity index (χ0v) is 18.7. The third kappa shape index (κ3) is 4.19. The number of benzene rings is 1. The van der Waals surface area contributed by atoms with E-state index in [1.54, 1.807) is 11.1 Å². The molecule has 2 aromatic heterocycles. The maximum absolute atomic E-state index is 13.3. The fourth-order valence-corrected chi connectivity index (χ4v) is 4.22. The normalized spacial score (nSPS) is 16.1. The number of carbonyl (C=O) groups excluding carboxylic acids is 1. The minimum atomic E-state index is -0.255. The first-order valence-electron chi connectivity index (χ1n) is 10.9. The maximum Gasteiger partial charge on any atom is 0.245 e. The average molecular weight is 423 g/mol. The van der Waals surface area contributed by atoms with Crippen LogP contribution in [0.15, 0.2) is 30.6 Å². The van der Waals surface area contributed by atoms with Crippen LogP contribution in [0.3, 0.4) is 0 Å². The molecule has 1 saturated heterocycles. The molecule has 1 aliphatic rings. The number of hydrogen-bond acceptors (Lipinski definition) is 6. The zero-order valence-electron chi connectivity index (χ0n) is 18.7. The van der Waals surface area contributed by atoms with E-state index in [1.807, 2.05) is 50.2 Å². The van der Waals surface area contributed by atoms with Gasteiger partial charge >= 0.3 is 0 Å². The number of aromatic nitrogens is 4. The first kappa shape index (κ1) is 21.1. The van der Waals surface area contributed by atoms with Crippen LogP contribution < -0.4 is 9.64 Å². The Morgan fingerprint density at radius 3 is 2.90 bits per heavy atom. The second-order valence-electron chi connectivity index (χ2n) is 7.90. The van der Waals surface area contributed by atoms with Gasteiger partial charge in [0.25, 0.3) is 0 Å². The summed E-state index contributed by atoms with van der Waals surface area (Å²) in [6.07, 6.45) is 5.46. The van der Waals surface area contributed by atoms with Gasteiger partial charge in [0.05, 0.1) is 24.4 Å². The van der Waals surface area contributed by atoms with Gasteiger partial charge in [0.2, 0.25) is 11.9 Å². The number of ether oxygens (including phenoxy) is 1. The van der Waals surface area contributed by atoms with Gasteiger partial charge in [-0.1, -0.05) is 0 Å². The van der Waals surface area contributed by atoms with Crippen molar-refractivity contribution in [3.05, 3.63) is 42.1 Å². The summed E-state index contributed by atoms with van der Waals surface area (Å²) in [4.78, 5) is 31.0. The van der Waals surface area contributed by atoms with E-state index in [0.29, 0.717) is 19.1 Å². The first-order chi connectivity index (χ1) is 15.0. The van der Waals surface area contributed by atoms with Crippen LogP contribution in [0, 0.1) is 6.92 Å². The topological polar surface area (TPSA) is 76.4 Å². The number of likely N-dealkylation sites (N-methyl/N-ethyl adjacent to an activating group) is 1. The number of imidazole rings is 1. The number of rotatable bonds is 7. The minimum absolute atomic E-state index is 0.0798. The van der Waals surface area contributed by atoms with Crippen LogP contribution in [0.5, 0.6) is 5.75 Å². The fraction of sp³-hybridized carbons (Fsp3) is 0.478. The Balaban J connectivity index is 1.56. The molecule has 1 amide bonds. The molecule has 0 radical (unpaired) electrons. The molecule has 1 unspecified atom stereocenters. The smallest absolute Gasteiger partial charge is 0.245 e. The monoisotopic (exact) mass is 422 g/mol. The predicted octanol–water partition coefficient (Wildman–Crippen LogP) is 3.18. The van der Waals surface area contributed by atoms with Crippen molar-refractivity contribution in [1.29, 1.82) is 0 Å². The SMILES string of the molecule is CCOc1ccc2nc(N3CCCC3C(=O)N(C)Cc3nccn3CC)nc(C)c2c1. The van der Waals surface area contributed by atoms with Crippen molar-refractivity contribution < 1.29 is 9.53 Å². The predicted molar refractivity (Wildman–Crippen MR) is 120 cm³/mol. The standard InChI is InChI=1S/C23H30N6O2/c1-5-28-13-11-24-21(28)15-27(4)22(30)20-8-7-12-29(20)23-25-16(3)18-14-17(31-6-2)9-10-19(18)26-23/h9-11,13-14,20H,5-8,12,15H2,1-4H3. The highest BCUT2D eigenvalue weighted by Gasteiger charge is 2.34. The third-order valence-electron chi connectivity index (χ3n) is 5.85. The number of carbonyl (C=O) groups is 1. The molecule has 0 N–H and O–H groups in total. The summed E-state index contributed by atoms with van der Waals surface area (Å²) in [5, 5.41) is 0.972. The third-order valence-corrected chi connectivity index (χ3v) is 5.85. The number of fused-ring (bicyclic) bond motifs is 1. The van der Waals surface area contributed by atoms with Crippen molar-refractivity contribution in [3.8, 4) is 5.75 Å². The van der Waals surface area contributed by atoms with Crippen LogP contribution in [0.1, 0.15) is 38.2 Å². The summed E-state index contributed by atoms with van der Waals surface area (Å²) in [5.41, 5.74) is 1.75. The van der Waals surface area contributed by atoms with E-state index in [4.69, 9.17) is 14.7 Å². The lowest BCUT2D eigenvalue weighted by Gasteiger charge is -2.28. The van der Waals surface area contributed by atoms with E-state index in [-0.39, 0.29) is 11.9 Å². The second kappa shape index (κ2) is 8.91. The largest absolute Gasteiger partial charge is 0.494 e. The molecule has 4 rings (SSSR count). The molecule has 164 valence electrons. The van der Waals surface area contributed by atoms with Crippen molar-refractivity contribution in [2.24, 2.45) is 0 Å². The van der Waals surface area contributed by atoms with E-state index in [0.717, 1.165) is 54.1 Å². The molecule has 31 heavy (non-hydrogen) atoms. The highest BCUT2D eigenvalue weighted by molar-refractivity contribution is 5.87. The molecule has 1 fully saturated rings. The summed E-state index contributed by atoms with van der Waals surface area (Å²) in [7, 11) is 1.84. The van der Waals surface area contributed by atoms with Gasteiger partial charge in [0, 0.05) is 37.9 Å². The number of amides is 1. The molecule has 3 heterocycles. The molecule has 0 bridgehead atoms. The molecule has 3 aromatic rings. The van der Waals surface area contributed by atoms with Crippen LogP contribution in [0.2, 0.25) is 0 Å². The fourth-order valence-electron chi connectivity index (χ4n) is 4.22. The van der Waals surface area contributed by atoms with Crippen molar-refractivity contribution in [2.45, 2.75) is 52.7 Å². The van der Waals surface area contributed by atoms with Crippen LogP contribution in [-0.4, -0.2) is 56.6 Å². The number of nitrogens with zero attached hydrogens (tertiary/aromatic N) is 6. The van der Waals surface area contributed by atoms with Crippen molar-refractivity contribution in [1.82, 2.24) is 24.4 Å². The van der Waals surface area contributed by atoms with Gasteiger partial charge in [-0.3, -0.25) is 4.79 Å². The molecular formula is C23H30N6O2.